The number of carboxylic acids is 1. The molecule has 1 aliphatic rings. The van der Waals surface area contributed by atoms with Crippen LogP contribution in [0.5, 0.6) is 5.75 Å². The Hall–Kier alpha value is -3.63. The number of thiazole rings is 1. The number of hydrogen-bond donors (Lipinski definition) is 6. The topological polar surface area (TPSA) is 219 Å². The molecule has 176 valence electrons. The Balaban J connectivity index is 1.72. The number of oxime groups is 1. The van der Waals surface area contributed by atoms with Crippen LogP contribution in [-0.2, 0) is 25.7 Å². The van der Waals surface area contributed by atoms with E-state index in [0.29, 0.717) is 11.2 Å². The van der Waals surface area contributed by atoms with Crippen LogP contribution >= 0.6 is 11.3 Å². The number of carbonyl (C=O) groups excluding carboxylic acids is 1. The summed E-state index contributed by atoms with van der Waals surface area (Å²) in [6.45, 7) is -0.436. The van der Waals surface area contributed by atoms with Crippen LogP contribution in [0.25, 0.3) is 0 Å². The minimum atomic E-state index is -1.43. The van der Waals surface area contributed by atoms with E-state index in [9.17, 15) is 29.7 Å². The number of hydrogen-bond acceptors (Lipinski definition) is 12. The lowest BCUT2D eigenvalue weighted by molar-refractivity contribution is -0.139. The average Bonchev–Trinajstić information content (AvgIpc) is 3.16. The fourth-order valence-electron chi connectivity index (χ4n) is 3.02. The minimum Gasteiger partial charge on any atom is -0.503 e. The van der Waals surface area contributed by atoms with Crippen molar-refractivity contribution < 1.29 is 39.5 Å². The lowest BCUT2D eigenvalue weighted by atomic mass is 9.72. The number of aromatic hydroxyl groups is 1. The molecule has 7 N–H and O–H groups in total. The first kappa shape index (κ1) is 24.0. The van der Waals surface area contributed by atoms with E-state index in [0.717, 1.165) is 23.6 Å². The summed E-state index contributed by atoms with van der Waals surface area (Å²) in [5.41, 5.74) is 4.60. The molecule has 1 aliphatic heterocycles. The van der Waals surface area contributed by atoms with Crippen molar-refractivity contribution in [1.82, 2.24) is 15.0 Å². The second kappa shape index (κ2) is 10.3. The summed E-state index contributed by atoms with van der Waals surface area (Å²) >= 11 is 1.05. The van der Waals surface area contributed by atoms with Crippen LogP contribution in [0.1, 0.15) is 30.7 Å². The lowest BCUT2D eigenvalue weighted by Gasteiger charge is -2.30. The van der Waals surface area contributed by atoms with Crippen LogP contribution < -0.4 is 16.5 Å². The standard InChI is InChI=1S/C17H20BN5O9S/c19-17-20-10(7-33-17)15(22-31-6-8-3-11(24)12(25)5-23(8)30)16(28)21-13-2-1-9(4-14(26)27)32-18(13)29/h3,5,7,9,13,25,29-30H,1-2,4,6H2,(H2,19,20)(H,21,28)(H,26,27)/b22-15+/t9-,13-/m0/s1. The molecule has 1 amide bonds. The van der Waals surface area contributed by atoms with Crippen LogP contribution in [0, 0.1) is 0 Å². The van der Waals surface area contributed by atoms with Gasteiger partial charge in [0.05, 0.1) is 24.7 Å². The average molecular weight is 481 g/mol. The highest BCUT2D eigenvalue weighted by atomic mass is 32.1. The Morgan fingerprint density at radius 3 is 2.85 bits per heavy atom. The normalized spacial score (nSPS) is 18.7. The van der Waals surface area contributed by atoms with Crippen molar-refractivity contribution in [3.63, 3.8) is 0 Å². The molecule has 3 heterocycles. The molecule has 1 saturated heterocycles. The van der Waals surface area contributed by atoms with Crippen molar-refractivity contribution in [2.75, 3.05) is 5.73 Å². The third-order valence-corrected chi connectivity index (χ3v) is 5.31. The van der Waals surface area contributed by atoms with Crippen molar-refractivity contribution in [3.05, 3.63) is 39.3 Å². The van der Waals surface area contributed by atoms with Crippen LogP contribution in [0.4, 0.5) is 5.13 Å². The molecular weight excluding hydrogens is 461 g/mol. The van der Waals surface area contributed by atoms with Crippen molar-refractivity contribution >= 4 is 41.2 Å². The maximum absolute atomic E-state index is 12.8. The summed E-state index contributed by atoms with van der Waals surface area (Å²) in [7, 11) is -1.43. The van der Waals surface area contributed by atoms with Gasteiger partial charge in [-0.15, -0.1) is 11.3 Å². The van der Waals surface area contributed by atoms with Gasteiger partial charge < -0.3 is 41.0 Å². The molecule has 0 saturated carbocycles. The maximum atomic E-state index is 12.8. The van der Waals surface area contributed by atoms with Gasteiger partial charge in [-0.3, -0.25) is 14.4 Å². The Labute approximate surface area is 190 Å². The number of nitrogens with zero attached hydrogens (tertiary/aromatic N) is 3. The van der Waals surface area contributed by atoms with Gasteiger partial charge in [0.15, 0.2) is 23.2 Å². The fourth-order valence-corrected chi connectivity index (χ4v) is 3.57. The predicted molar refractivity (Wildman–Crippen MR) is 114 cm³/mol. The molecule has 0 unspecified atom stereocenters. The number of pyridine rings is 1. The number of aromatic nitrogens is 2. The smallest absolute Gasteiger partial charge is 0.478 e. The van der Waals surface area contributed by atoms with Gasteiger partial charge >= 0.3 is 13.1 Å². The molecule has 0 bridgehead atoms. The Kier molecular flexibility index (Phi) is 7.52. The van der Waals surface area contributed by atoms with Crippen molar-refractivity contribution in [2.45, 2.75) is 37.9 Å². The first-order valence-electron chi connectivity index (χ1n) is 9.55. The zero-order valence-corrected chi connectivity index (χ0v) is 17.8. The van der Waals surface area contributed by atoms with Crippen LogP contribution in [-0.4, -0.2) is 66.9 Å². The quantitative estimate of drug-likeness (QED) is 0.115. The molecule has 2 atom stereocenters. The second-order valence-corrected chi connectivity index (χ2v) is 7.94. The van der Waals surface area contributed by atoms with E-state index in [-0.39, 0.29) is 35.1 Å². The molecule has 0 aromatic carbocycles. The zero-order chi connectivity index (χ0) is 24.1. The molecule has 33 heavy (non-hydrogen) atoms. The Bertz CT molecular complexity index is 1120. The number of carbonyl (C=O) groups is 2. The van der Waals surface area contributed by atoms with Gasteiger partial charge in [0.2, 0.25) is 5.43 Å². The highest BCUT2D eigenvalue weighted by Gasteiger charge is 2.37. The maximum Gasteiger partial charge on any atom is 0.478 e. The summed E-state index contributed by atoms with van der Waals surface area (Å²) in [6.07, 6.45) is 0.380. The minimum absolute atomic E-state index is 0.0559. The third kappa shape index (κ3) is 6.21. The van der Waals surface area contributed by atoms with Crippen molar-refractivity contribution in [2.24, 2.45) is 5.16 Å². The second-order valence-electron chi connectivity index (χ2n) is 7.05. The molecule has 2 aromatic rings. The van der Waals surface area contributed by atoms with Gasteiger partial charge in [0.1, 0.15) is 11.4 Å². The van der Waals surface area contributed by atoms with E-state index in [4.69, 9.17) is 20.3 Å². The van der Waals surface area contributed by atoms with E-state index in [1.165, 1.54) is 5.38 Å². The molecular formula is C17H20BN5O9S. The number of anilines is 1. The Morgan fingerprint density at radius 2 is 2.21 bits per heavy atom. The van der Waals surface area contributed by atoms with Gasteiger partial charge in [-0.2, -0.15) is 4.73 Å². The first-order valence-corrected chi connectivity index (χ1v) is 10.4. The monoisotopic (exact) mass is 481 g/mol. The largest absolute Gasteiger partial charge is 0.503 e. The third-order valence-electron chi connectivity index (χ3n) is 4.63. The number of aliphatic carboxylic acids is 1. The predicted octanol–water partition coefficient (Wildman–Crippen LogP) is -1.09. The van der Waals surface area contributed by atoms with Crippen molar-refractivity contribution in [3.8, 4) is 5.75 Å². The summed E-state index contributed by atoms with van der Waals surface area (Å²) in [6, 6.07) is 0.925. The molecule has 0 radical (unpaired) electrons. The summed E-state index contributed by atoms with van der Waals surface area (Å²) < 4.78 is 5.72. The van der Waals surface area contributed by atoms with Gasteiger partial charge in [-0.25, -0.2) is 4.98 Å². The number of nitrogens with two attached hydrogens (primary N) is 1. The van der Waals surface area contributed by atoms with Crippen molar-refractivity contribution in [1.29, 1.82) is 0 Å². The number of rotatable bonds is 8. The van der Waals surface area contributed by atoms with E-state index in [1.54, 1.807) is 0 Å². The summed E-state index contributed by atoms with van der Waals surface area (Å²) in [5.74, 6) is -3.36. The van der Waals surface area contributed by atoms with Crippen LogP contribution in [0.2, 0.25) is 0 Å². The van der Waals surface area contributed by atoms with E-state index in [1.807, 2.05) is 0 Å². The van der Waals surface area contributed by atoms with Gasteiger partial charge in [0.25, 0.3) is 5.91 Å². The van der Waals surface area contributed by atoms with E-state index < -0.39 is 48.8 Å². The molecule has 16 heteroatoms. The van der Waals surface area contributed by atoms with Crippen LogP contribution in [0.3, 0.4) is 0 Å². The molecule has 0 spiro atoms. The highest BCUT2D eigenvalue weighted by Crippen LogP contribution is 2.19. The summed E-state index contributed by atoms with van der Waals surface area (Å²) in [4.78, 5) is 44.3. The fraction of sp³-hybridized carbons (Fsp3) is 0.353. The molecule has 2 aromatic heterocycles. The Morgan fingerprint density at radius 1 is 1.45 bits per heavy atom. The van der Waals surface area contributed by atoms with Gasteiger partial charge in [0, 0.05) is 11.4 Å². The van der Waals surface area contributed by atoms with Crippen LogP contribution in [0.15, 0.2) is 27.6 Å². The lowest BCUT2D eigenvalue weighted by Crippen LogP contribution is -2.54. The number of nitrogens with one attached hydrogen (secondary N) is 1. The number of carboxylic acid groups (broad SMARTS) is 1. The van der Waals surface area contributed by atoms with Gasteiger partial charge in [-0.05, 0) is 12.8 Å². The zero-order valence-electron chi connectivity index (χ0n) is 16.9. The first-order chi connectivity index (χ1) is 15.6. The molecule has 3 rings (SSSR count). The number of nitrogen functional groups attached to an aromatic ring is 1. The highest BCUT2D eigenvalue weighted by molar-refractivity contribution is 7.13. The summed E-state index contributed by atoms with van der Waals surface area (Å²) in [5, 5.41) is 45.9. The number of amides is 1. The molecule has 0 aliphatic carbocycles. The SMILES string of the molecule is Nc1nc(/C(=N\OCc2cc(=O)c(O)cn2O)C(=O)N[C@H]2CC[C@@H](CC(=O)O)OB2O)cs1. The molecule has 1 fully saturated rings. The van der Waals surface area contributed by atoms with E-state index >= 15 is 0 Å². The van der Waals surface area contributed by atoms with E-state index in [2.05, 4.69) is 15.5 Å². The van der Waals surface area contributed by atoms with Gasteiger partial charge in [-0.1, -0.05) is 5.16 Å². The molecule has 14 nitrogen and oxygen atoms in total.